The fourth-order valence-electron chi connectivity index (χ4n) is 2.97. The van der Waals surface area contributed by atoms with Gasteiger partial charge in [0.1, 0.15) is 0 Å². The molecule has 0 aliphatic carbocycles. The van der Waals surface area contributed by atoms with Gasteiger partial charge in [0.2, 0.25) is 17.6 Å². The Hall–Kier alpha value is -2.13. The van der Waals surface area contributed by atoms with Crippen LogP contribution >= 0.6 is 15.9 Å². The normalized spacial score (nSPS) is 16.2. The van der Waals surface area contributed by atoms with E-state index in [1.807, 2.05) is 13.0 Å². The molecule has 1 aromatic heterocycles. The van der Waals surface area contributed by atoms with Crippen molar-refractivity contribution >= 4 is 21.8 Å². The number of nitrogens with zero attached hydrogens (tertiary/aromatic N) is 2. The molecule has 28 heavy (non-hydrogen) atoms. The standard InChI is InChI=1S/C19H24BrN3O5/c1-3-26-15-10-12(9-14(20)18(15)25-2)19-22-17(28-23-19)7-6-16(24)21-11-13-5-4-8-27-13/h9-10,13H,3-8,11H2,1-2H3,(H,21,24)/t13-/m0/s1. The van der Waals surface area contributed by atoms with Crippen LogP contribution < -0.4 is 14.8 Å². The van der Waals surface area contributed by atoms with Crippen LogP contribution in [0.3, 0.4) is 0 Å². The highest BCUT2D eigenvalue weighted by atomic mass is 79.9. The van der Waals surface area contributed by atoms with E-state index in [1.54, 1.807) is 13.2 Å². The van der Waals surface area contributed by atoms with E-state index in [2.05, 4.69) is 31.4 Å². The average molecular weight is 454 g/mol. The van der Waals surface area contributed by atoms with E-state index in [0.717, 1.165) is 29.5 Å². The Morgan fingerprint density at radius 3 is 3.00 bits per heavy atom. The van der Waals surface area contributed by atoms with Crippen molar-refractivity contribution in [3.63, 3.8) is 0 Å². The largest absolute Gasteiger partial charge is 0.492 e. The number of halogens is 1. The molecular formula is C19H24BrN3O5. The number of hydrogen-bond donors (Lipinski definition) is 1. The first-order valence-electron chi connectivity index (χ1n) is 9.32. The number of methoxy groups -OCH3 is 1. The molecule has 1 aliphatic heterocycles. The van der Waals surface area contributed by atoms with E-state index in [1.165, 1.54) is 0 Å². The van der Waals surface area contributed by atoms with Gasteiger partial charge >= 0.3 is 0 Å². The summed E-state index contributed by atoms with van der Waals surface area (Å²) in [4.78, 5) is 16.4. The van der Waals surface area contributed by atoms with Crippen molar-refractivity contribution in [3.05, 3.63) is 22.5 Å². The van der Waals surface area contributed by atoms with Gasteiger partial charge in [0.15, 0.2) is 11.5 Å². The van der Waals surface area contributed by atoms with Crippen molar-refractivity contribution in [3.8, 4) is 22.9 Å². The zero-order valence-corrected chi connectivity index (χ0v) is 17.6. The summed E-state index contributed by atoms with van der Waals surface area (Å²) in [6.45, 7) is 3.73. The third-order valence-corrected chi connectivity index (χ3v) is 4.95. The lowest BCUT2D eigenvalue weighted by atomic mass is 10.2. The van der Waals surface area contributed by atoms with Crippen LogP contribution in [0.1, 0.15) is 32.1 Å². The quantitative estimate of drug-likeness (QED) is 0.622. The van der Waals surface area contributed by atoms with Crippen LogP contribution in [-0.2, 0) is 16.0 Å². The predicted octanol–water partition coefficient (Wildman–Crippen LogP) is 3.13. The maximum absolute atomic E-state index is 12.0. The first-order chi connectivity index (χ1) is 13.6. The van der Waals surface area contributed by atoms with Gasteiger partial charge in [0.05, 0.1) is 24.3 Å². The highest BCUT2D eigenvalue weighted by Gasteiger charge is 2.18. The number of nitrogens with one attached hydrogen (secondary N) is 1. The third kappa shape index (κ3) is 5.23. The number of amides is 1. The molecule has 1 N–H and O–H groups in total. The summed E-state index contributed by atoms with van der Waals surface area (Å²) in [6.07, 6.45) is 2.84. The fourth-order valence-corrected chi connectivity index (χ4v) is 3.58. The topological polar surface area (TPSA) is 95.7 Å². The maximum Gasteiger partial charge on any atom is 0.227 e. The van der Waals surface area contributed by atoms with Crippen LogP contribution in [0.2, 0.25) is 0 Å². The van der Waals surface area contributed by atoms with Gasteiger partial charge in [-0.2, -0.15) is 4.98 Å². The van der Waals surface area contributed by atoms with Crippen LogP contribution in [0.15, 0.2) is 21.1 Å². The lowest BCUT2D eigenvalue weighted by molar-refractivity contribution is -0.121. The Kier molecular flexibility index (Phi) is 7.27. The van der Waals surface area contributed by atoms with Gasteiger partial charge < -0.3 is 24.1 Å². The number of benzene rings is 1. The van der Waals surface area contributed by atoms with Gasteiger partial charge in [-0.25, -0.2) is 0 Å². The van der Waals surface area contributed by atoms with Gasteiger partial charge in [0, 0.05) is 31.6 Å². The SMILES string of the molecule is CCOc1cc(-c2noc(CCC(=O)NC[C@@H]3CCCO3)n2)cc(Br)c1OC. The van der Waals surface area contributed by atoms with Crippen LogP contribution in [0, 0.1) is 0 Å². The molecule has 0 bridgehead atoms. The summed E-state index contributed by atoms with van der Waals surface area (Å²) in [5.74, 6) is 1.98. The third-order valence-electron chi connectivity index (χ3n) is 4.36. The van der Waals surface area contributed by atoms with Crippen molar-refractivity contribution < 1.29 is 23.5 Å². The second kappa shape index (κ2) is 9.88. The second-order valence-electron chi connectivity index (χ2n) is 6.37. The summed E-state index contributed by atoms with van der Waals surface area (Å²) in [6, 6.07) is 3.64. The number of aromatic nitrogens is 2. The molecule has 1 amide bonds. The molecule has 0 spiro atoms. The number of hydrogen-bond acceptors (Lipinski definition) is 7. The molecule has 1 saturated heterocycles. The Balaban J connectivity index is 1.59. The van der Waals surface area contributed by atoms with Crippen molar-refractivity contribution in [2.45, 2.75) is 38.7 Å². The zero-order chi connectivity index (χ0) is 19.9. The maximum atomic E-state index is 12.0. The molecule has 0 radical (unpaired) electrons. The molecule has 0 saturated carbocycles. The summed E-state index contributed by atoms with van der Waals surface area (Å²) in [7, 11) is 1.58. The van der Waals surface area contributed by atoms with Crippen LogP contribution in [0.25, 0.3) is 11.4 Å². The number of carbonyl (C=O) groups excluding carboxylic acids is 1. The van der Waals surface area contributed by atoms with E-state index < -0.39 is 0 Å². The van der Waals surface area contributed by atoms with Crippen LogP contribution in [0.5, 0.6) is 11.5 Å². The Morgan fingerprint density at radius 1 is 1.43 bits per heavy atom. The molecule has 152 valence electrons. The molecule has 3 rings (SSSR count). The van der Waals surface area contributed by atoms with Gasteiger partial charge in [-0.15, -0.1) is 0 Å². The number of rotatable bonds is 9. The van der Waals surface area contributed by atoms with Crippen molar-refractivity contribution in [1.29, 1.82) is 0 Å². The van der Waals surface area contributed by atoms with E-state index in [4.69, 9.17) is 18.7 Å². The van der Waals surface area contributed by atoms with Gasteiger partial charge in [-0.3, -0.25) is 4.79 Å². The number of ether oxygens (including phenoxy) is 3. The molecule has 1 atom stereocenters. The minimum Gasteiger partial charge on any atom is -0.492 e. The van der Waals surface area contributed by atoms with Gasteiger partial charge in [-0.1, -0.05) is 5.16 Å². The molecule has 1 aromatic carbocycles. The van der Waals surface area contributed by atoms with E-state index >= 15 is 0 Å². The molecule has 1 fully saturated rings. The monoisotopic (exact) mass is 453 g/mol. The van der Waals surface area contributed by atoms with Crippen molar-refractivity contribution in [2.75, 3.05) is 26.9 Å². The summed E-state index contributed by atoms with van der Waals surface area (Å²) in [5, 5.41) is 6.90. The Morgan fingerprint density at radius 2 is 2.29 bits per heavy atom. The smallest absolute Gasteiger partial charge is 0.227 e. The molecule has 0 unspecified atom stereocenters. The van der Waals surface area contributed by atoms with Crippen molar-refractivity contribution in [2.24, 2.45) is 0 Å². The highest BCUT2D eigenvalue weighted by Crippen LogP contribution is 2.39. The van der Waals surface area contributed by atoms with Gasteiger partial charge in [-0.05, 0) is 47.8 Å². The fraction of sp³-hybridized carbons (Fsp3) is 0.526. The highest BCUT2D eigenvalue weighted by molar-refractivity contribution is 9.10. The lowest BCUT2D eigenvalue weighted by Gasteiger charge is -2.12. The zero-order valence-electron chi connectivity index (χ0n) is 16.0. The Bertz CT molecular complexity index is 805. The number of aryl methyl sites for hydroxylation is 1. The molecule has 8 nitrogen and oxygen atoms in total. The first-order valence-corrected chi connectivity index (χ1v) is 10.1. The Labute approximate surface area is 172 Å². The van der Waals surface area contributed by atoms with Crippen molar-refractivity contribution in [1.82, 2.24) is 15.5 Å². The minimum absolute atomic E-state index is 0.0546. The predicted molar refractivity (Wildman–Crippen MR) is 105 cm³/mol. The number of carbonyl (C=O) groups is 1. The summed E-state index contributed by atoms with van der Waals surface area (Å²) in [5.41, 5.74) is 0.731. The molecular weight excluding hydrogens is 430 g/mol. The summed E-state index contributed by atoms with van der Waals surface area (Å²) < 4.78 is 22.5. The van der Waals surface area contributed by atoms with Crippen LogP contribution in [-0.4, -0.2) is 49.0 Å². The molecule has 1 aliphatic rings. The second-order valence-corrected chi connectivity index (χ2v) is 7.23. The molecule has 2 heterocycles. The lowest BCUT2D eigenvalue weighted by Crippen LogP contribution is -2.31. The summed E-state index contributed by atoms with van der Waals surface area (Å²) >= 11 is 3.47. The van der Waals surface area contributed by atoms with Gasteiger partial charge in [0.25, 0.3) is 0 Å². The van der Waals surface area contributed by atoms with E-state index in [-0.39, 0.29) is 18.4 Å². The average Bonchev–Trinajstić information content (AvgIpc) is 3.36. The minimum atomic E-state index is -0.0546. The molecule has 9 heteroatoms. The van der Waals surface area contributed by atoms with E-state index in [9.17, 15) is 4.79 Å². The van der Waals surface area contributed by atoms with Crippen LogP contribution in [0.4, 0.5) is 0 Å². The first kappa shape index (κ1) is 20.6. The van der Waals surface area contributed by atoms with E-state index in [0.29, 0.717) is 42.8 Å². The molecule has 2 aromatic rings.